The van der Waals surface area contributed by atoms with E-state index in [1.807, 2.05) is 42.5 Å². The number of anilines is 1. The van der Waals surface area contributed by atoms with Crippen LogP contribution in [0.4, 0.5) is 5.82 Å². The largest absolute Gasteiger partial charge is 0.457 e. The molecule has 38 heavy (non-hydrogen) atoms. The normalized spacial score (nSPS) is 24.3. The molecule has 0 unspecified atom stereocenters. The van der Waals surface area contributed by atoms with Gasteiger partial charge >= 0.3 is 0 Å². The zero-order valence-electron chi connectivity index (χ0n) is 22.1. The van der Waals surface area contributed by atoms with E-state index in [0.29, 0.717) is 17.9 Å². The van der Waals surface area contributed by atoms with E-state index in [1.54, 1.807) is 6.33 Å². The molecule has 0 amide bonds. The molecule has 3 N–H and O–H groups in total. The predicted octanol–water partition coefficient (Wildman–Crippen LogP) is 4.56. The molecule has 0 spiro atoms. The van der Waals surface area contributed by atoms with Gasteiger partial charge in [-0.1, -0.05) is 30.3 Å². The fourth-order valence-electron chi connectivity index (χ4n) is 6.24. The van der Waals surface area contributed by atoms with E-state index < -0.39 is 0 Å². The van der Waals surface area contributed by atoms with Crippen molar-refractivity contribution in [3.63, 3.8) is 0 Å². The van der Waals surface area contributed by atoms with E-state index in [0.717, 1.165) is 72.4 Å². The second-order valence-corrected chi connectivity index (χ2v) is 10.9. The summed E-state index contributed by atoms with van der Waals surface area (Å²) in [4.78, 5) is 13.6. The zero-order chi connectivity index (χ0) is 26.2. The van der Waals surface area contributed by atoms with Crippen LogP contribution in [0.3, 0.4) is 0 Å². The molecular formula is C30H36N6O2. The first kappa shape index (κ1) is 24.9. The zero-order valence-corrected chi connectivity index (χ0v) is 22.1. The molecule has 1 saturated carbocycles. The summed E-state index contributed by atoms with van der Waals surface area (Å²) in [6, 6.07) is 19.0. The molecule has 6 rings (SSSR count). The van der Waals surface area contributed by atoms with Crippen molar-refractivity contribution in [2.75, 3.05) is 32.9 Å². The van der Waals surface area contributed by atoms with Crippen molar-refractivity contribution in [3.8, 4) is 22.6 Å². The van der Waals surface area contributed by atoms with Gasteiger partial charge in [-0.05, 0) is 69.6 Å². The molecule has 8 nitrogen and oxygen atoms in total. The minimum absolute atomic E-state index is 0.216. The van der Waals surface area contributed by atoms with E-state index in [4.69, 9.17) is 10.5 Å². The van der Waals surface area contributed by atoms with Gasteiger partial charge in [0.2, 0.25) is 0 Å². The highest BCUT2D eigenvalue weighted by molar-refractivity contribution is 6.00. The number of hydrogen-bond donors (Lipinski definition) is 2. The van der Waals surface area contributed by atoms with E-state index in [-0.39, 0.29) is 12.1 Å². The number of aliphatic hydroxyl groups is 1. The van der Waals surface area contributed by atoms with Crippen molar-refractivity contribution in [2.24, 2.45) is 0 Å². The van der Waals surface area contributed by atoms with Crippen LogP contribution in [0.2, 0.25) is 0 Å². The smallest absolute Gasteiger partial charge is 0.146 e. The minimum Gasteiger partial charge on any atom is -0.457 e. The highest BCUT2D eigenvalue weighted by Gasteiger charge is 2.38. The molecule has 198 valence electrons. The summed E-state index contributed by atoms with van der Waals surface area (Å²) in [6.45, 7) is 1.70. The van der Waals surface area contributed by atoms with Crippen LogP contribution in [0.15, 0.2) is 67.1 Å². The van der Waals surface area contributed by atoms with Crippen molar-refractivity contribution in [1.82, 2.24) is 24.3 Å². The second-order valence-electron chi connectivity index (χ2n) is 10.9. The van der Waals surface area contributed by atoms with Gasteiger partial charge in [-0.15, -0.1) is 0 Å². The van der Waals surface area contributed by atoms with Crippen molar-refractivity contribution in [3.05, 3.63) is 67.1 Å². The molecule has 2 aromatic carbocycles. The number of fused-ring (bicyclic) bond motifs is 1. The molecule has 2 atom stereocenters. The number of benzene rings is 2. The standard InChI is InChI=1S/C30H36N6O2/c1-34(2)26-17-35(18-27(26)37)21-10-12-22(13-11-21)36-16-25(28-29(31)32-19-33-30(28)36)20-8-14-24(15-9-20)38-23-6-4-3-5-7-23/h3-9,14-16,19,21-22,26-27,37H,10-13,17-18H2,1-2H3,(H2,31,32,33)/t21?,22?,26-,27+/m0/s1. The first-order valence-corrected chi connectivity index (χ1v) is 13.5. The number of hydrogen-bond acceptors (Lipinski definition) is 7. The number of para-hydroxylation sites is 1. The van der Waals surface area contributed by atoms with Crippen LogP contribution >= 0.6 is 0 Å². The molecule has 3 heterocycles. The Labute approximate surface area is 223 Å². The Hall–Kier alpha value is -3.46. The van der Waals surface area contributed by atoms with Gasteiger partial charge in [0.1, 0.15) is 29.3 Å². The van der Waals surface area contributed by atoms with Gasteiger partial charge in [0.15, 0.2) is 0 Å². The minimum atomic E-state index is -0.275. The van der Waals surface area contributed by atoms with Crippen LogP contribution in [0.5, 0.6) is 11.5 Å². The Morgan fingerprint density at radius 1 is 0.895 bits per heavy atom. The van der Waals surface area contributed by atoms with Crippen LogP contribution in [0, 0.1) is 0 Å². The molecule has 8 heteroatoms. The van der Waals surface area contributed by atoms with Crippen LogP contribution in [0.25, 0.3) is 22.2 Å². The summed E-state index contributed by atoms with van der Waals surface area (Å²) in [7, 11) is 4.11. The maximum absolute atomic E-state index is 10.5. The van der Waals surface area contributed by atoms with Crippen molar-refractivity contribution < 1.29 is 9.84 Å². The van der Waals surface area contributed by atoms with E-state index >= 15 is 0 Å². The number of ether oxygens (including phenoxy) is 1. The summed E-state index contributed by atoms with van der Waals surface area (Å²) in [6.07, 6.45) is 7.85. The predicted molar refractivity (Wildman–Crippen MR) is 150 cm³/mol. The number of nitrogen functional groups attached to an aromatic ring is 1. The Morgan fingerprint density at radius 2 is 1.58 bits per heavy atom. The number of rotatable bonds is 6. The molecular weight excluding hydrogens is 476 g/mol. The number of β-amino-alcohol motifs (C(OH)–C–C–N with tert-alkyl or cyclic N) is 1. The maximum Gasteiger partial charge on any atom is 0.146 e. The lowest BCUT2D eigenvalue weighted by Gasteiger charge is -2.35. The van der Waals surface area contributed by atoms with Gasteiger partial charge in [-0.2, -0.15) is 0 Å². The van der Waals surface area contributed by atoms with E-state index in [9.17, 15) is 5.11 Å². The fourth-order valence-corrected chi connectivity index (χ4v) is 6.24. The van der Waals surface area contributed by atoms with Gasteiger partial charge in [0, 0.05) is 43.0 Å². The van der Waals surface area contributed by atoms with E-state index in [2.05, 4.69) is 56.8 Å². The second kappa shape index (κ2) is 10.4. The monoisotopic (exact) mass is 512 g/mol. The molecule has 4 aromatic rings. The van der Waals surface area contributed by atoms with Crippen LogP contribution < -0.4 is 10.5 Å². The lowest BCUT2D eigenvalue weighted by Crippen LogP contribution is -2.40. The van der Waals surface area contributed by atoms with Crippen molar-refractivity contribution in [1.29, 1.82) is 0 Å². The summed E-state index contributed by atoms with van der Waals surface area (Å²) in [5.41, 5.74) is 9.40. The third-order valence-electron chi connectivity index (χ3n) is 8.31. The quantitative estimate of drug-likeness (QED) is 0.391. The molecule has 2 aromatic heterocycles. The van der Waals surface area contributed by atoms with Gasteiger partial charge in [0.05, 0.1) is 11.5 Å². The summed E-state index contributed by atoms with van der Waals surface area (Å²) in [5, 5.41) is 11.4. The van der Waals surface area contributed by atoms with Crippen molar-refractivity contribution in [2.45, 2.75) is 49.9 Å². The third kappa shape index (κ3) is 4.75. The molecule has 2 aliphatic rings. The number of aromatic nitrogens is 3. The molecule has 0 radical (unpaired) electrons. The third-order valence-corrected chi connectivity index (χ3v) is 8.31. The number of likely N-dealkylation sites (N-methyl/N-ethyl adjacent to an activating group) is 1. The highest BCUT2D eigenvalue weighted by atomic mass is 16.5. The summed E-state index contributed by atoms with van der Waals surface area (Å²) < 4.78 is 8.30. The van der Waals surface area contributed by atoms with Crippen LogP contribution in [-0.4, -0.2) is 74.8 Å². The van der Waals surface area contributed by atoms with Crippen LogP contribution in [0.1, 0.15) is 31.7 Å². The lowest BCUT2D eigenvalue weighted by molar-refractivity contribution is 0.108. The molecule has 1 aliphatic carbocycles. The Balaban J connectivity index is 1.22. The average Bonchev–Trinajstić information content (AvgIpc) is 3.52. The Bertz CT molecular complexity index is 1380. The number of nitrogens with two attached hydrogens (primary N) is 1. The average molecular weight is 513 g/mol. The summed E-state index contributed by atoms with van der Waals surface area (Å²) in [5.74, 6) is 2.10. The number of aliphatic hydroxyl groups excluding tert-OH is 1. The Morgan fingerprint density at radius 3 is 2.26 bits per heavy atom. The molecule has 0 bridgehead atoms. The first-order chi connectivity index (χ1) is 18.5. The lowest BCUT2D eigenvalue weighted by atomic mass is 9.90. The van der Waals surface area contributed by atoms with Gasteiger partial charge in [-0.25, -0.2) is 9.97 Å². The maximum atomic E-state index is 10.5. The number of likely N-dealkylation sites (tertiary alicyclic amines) is 1. The fraction of sp³-hybridized carbons (Fsp3) is 0.400. The molecule has 2 fully saturated rings. The van der Waals surface area contributed by atoms with Gasteiger partial charge in [0.25, 0.3) is 0 Å². The molecule has 1 aliphatic heterocycles. The van der Waals surface area contributed by atoms with Gasteiger partial charge < -0.3 is 25.0 Å². The van der Waals surface area contributed by atoms with Gasteiger partial charge in [-0.3, -0.25) is 4.90 Å². The number of nitrogens with zero attached hydrogens (tertiary/aromatic N) is 5. The highest BCUT2D eigenvalue weighted by Crippen LogP contribution is 2.40. The van der Waals surface area contributed by atoms with E-state index in [1.165, 1.54) is 0 Å². The SMILES string of the molecule is CN(C)[C@H]1CN(C2CCC(n3cc(-c4ccc(Oc5ccccc5)cc4)c4c(N)ncnc43)CC2)C[C@H]1O. The summed E-state index contributed by atoms with van der Waals surface area (Å²) >= 11 is 0. The molecule has 1 saturated heterocycles. The van der Waals surface area contributed by atoms with Crippen LogP contribution in [-0.2, 0) is 0 Å². The Kier molecular flexibility index (Phi) is 6.78. The van der Waals surface area contributed by atoms with Crippen molar-refractivity contribution >= 4 is 16.9 Å². The first-order valence-electron chi connectivity index (χ1n) is 13.5. The topological polar surface area (TPSA) is 92.7 Å².